The molecular formula is C11H10FNS. The van der Waals surface area contributed by atoms with E-state index in [1.54, 1.807) is 23.5 Å². The van der Waals surface area contributed by atoms with Crippen LogP contribution in [0.5, 0.6) is 0 Å². The van der Waals surface area contributed by atoms with Crippen molar-refractivity contribution in [3.63, 3.8) is 0 Å². The fourth-order valence-electron chi connectivity index (χ4n) is 1.28. The van der Waals surface area contributed by atoms with Crippen LogP contribution >= 0.6 is 11.3 Å². The maximum absolute atomic E-state index is 13.3. The van der Waals surface area contributed by atoms with Crippen LogP contribution in [-0.2, 0) is 6.42 Å². The summed E-state index contributed by atoms with van der Waals surface area (Å²) in [5.74, 6) is -0.392. The smallest absolute Gasteiger partial charge is 0.221 e. The lowest BCUT2D eigenvalue weighted by molar-refractivity contribution is 0.588. The Hall–Kier alpha value is -1.22. The summed E-state index contributed by atoms with van der Waals surface area (Å²) in [5.41, 5.74) is 0.595. The van der Waals surface area contributed by atoms with Crippen molar-refractivity contribution in [2.75, 3.05) is 0 Å². The largest absolute Gasteiger partial charge is 0.228 e. The summed E-state index contributed by atoms with van der Waals surface area (Å²) >= 11 is 1.62. The van der Waals surface area contributed by atoms with Crippen molar-refractivity contribution >= 4 is 11.3 Å². The van der Waals surface area contributed by atoms with Gasteiger partial charge in [-0.2, -0.15) is 4.39 Å². The molecule has 0 saturated carbocycles. The number of nitrogens with zero attached hydrogens (tertiary/aromatic N) is 1. The van der Waals surface area contributed by atoms with Crippen LogP contribution in [0.15, 0.2) is 30.5 Å². The van der Waals surface area contributed by atoms with E-state index in [9.17, 15) is 4.39 Å². The molecule has 0 unspecified atom stereocenters. The Balaban J connectivity index is 2.44. The van der Waals surface area contributed by atoms with Crippen molar-refractivity contribution in [2.24, 2.45) is 0 Å². The minimum Gasteiger partial charge on any atom is -0.228 e. The molecule has 0 atom stereocenters. The minimum atomic E-state index is -0.392. The van der Waals surface area contributed by atoms with E-state index in [0.717, 1.165) is 11.3 Å². The van der Waals surface area contributed by atoms with E-state index < -0.39 is 5.95 Å². The van der Waals surface area contributed by atoms with Crippen molar-refractivity contribution in [1.82, 2.24) is 4.98 Å². The van der Waals surface area contributed by atoms with Crippen LogP contribution in [0, 0.1) is 5.95 Å². The maximum Gasteiger partial charge on any atom is 0.221 e. The Morgan fingerprint density at radius 1 is 1.36 bits per heavy atom. The number of halogens is 1. The van der Waals surface area contributed by atoms with Crippen LogP contribution < -0.4 is 0 Å². The summed E-state index contributed by atoms with van der Waals surface area (Å²) in [7, 11) is 0. The quantitative estimate of drug-likeness (QED) is 0.687. The zero-order valence-electron chi connectivity index (χ0n) is 7.83. The highest BCUT2D eigenvalue weighted by atomic mass is 32.1. The van der Waals surface area contributed by atoms with Crippen LogP contribution in [0.1, 0.15) is 11.8 Å². The van der Waals surface area contributed by atoms with Gasteiger partial charge in [-0.3, -0.25) is 0 Å². The molecule has 0 fully saturated rings. The lowest BCUT2D eigenvalue weighted by Gasteiger charge is -1.96. The molecule has 0 aliphatic carbocycles. The average Bonchev–Trinajstić information content (AvgIpc) is 2.67. The summed E-state index contributed by atoms with van der Waals surface area (Å²) in [4.78, 5) is 5.85. The molecule has 0 spiro atoms. The van der Waals surface area contributed by atoms with Gasteiger partial charge in [0.05, 0.1) is 0 Å². The number of hydrogen-bond donors (Lipinski definition) is 0. The molecule has 0 aliphatic heterocycles. The third-order valence-corrected chi connectivity index (χ3v) is 3.30. The molecule has 0 aromatic carbocycles. The molecule has 2 aromatic rings. The highest BCUT2D eigenvalue weighted by Crippen LogP contribution is 2.29. The van der Waals surface area contributed by atoms with Gasteiger partial charge in [-0.25, -0.2) is 4.98 Å². The van der Waals surface area contributed by atoms with Crippen LogP contribution in [0.25, 0.3) is 10.4 Å². The molecule has 14 heavy (non-hydrogen) atoms. The van der Waals surface area contributed by atoms with Gasteiger partial charge in [0.1, 0.15) is 0 Å². The molecule has 0 amide bonds. The lowest BCUT2D eigenvalue weighted by atomic mass is 10.2. The van der Waals surface area contributed by atoms with E-state index in [-0.39, 0.29) is 0 Å². The van der Waals surface area contributed by atoms with E-state index in [0.29, 0.717) is 5.56 Å². The van der Waals surface area contributed by atoms with Crippen LogP contribution in [0.4, 0.5) is 4.39 Å². The highest BCUT2D eigenvalue weighted by molar-refractivity contribution is 7.15. The van der Waals surface area contributed by atoms with Gasteiger partial charge in [0.15, 0.2) is 0 Å². The van der Waals surface area contributed by atoms with Gasteiger partial charge in [-0.15, -0.1) is 11.3 Å². The molecule has 0 aliphatic rings. The topological polar surface area (TPSA) is 12.9 Å². The SMILES string of the molecule is CCc1ccc(-c2cccnc2F)s1. The van der Waals surface area contributed by atoms with E-state index >= 15 is 0 Å². The first-order valence-electron chi connectivity index (χ1n) is 4.51. The first-order chi connectivity index (χ1) is 6.81. The summed E-state index contributed by atoms with van der Waals surface area (Å²) in [5, 5.41) is 0. The van der Waals surface area contributed by atoms with Gasteiger partial charge in [0, 0.05) is 21.5 Å². The Kier molecular flexibility index (Phi) is 2.59. The molecule has 2 heterocycles. The van der Waals surface area contributed by atoms with Crippen molar-refractivity contribution in [2.45, 2.75) is 13.3 Å². The van der Waals surface area contributed by atoms with Crippen LogP contribution in [0.2, 0.25) is 0 Å². The Bertz CT molecular complexity index is 436. The third-order valence-electron chi connectivity index (χ3n) is 2.03. The normalized spacial score (nSPS) is 10.4. The van der Waals surface area contributed by atoms with Crippen LogP contribution in [0.3, 0.4) is 0 Å². The molecule has 1 nitrogen and oxygen atoms in total. The first-order valence-corrected chi connectivity index (χ1v) is 5.32. The number of rotatable bonds is 2. The van der Waals surface area contributed by atoms with Gasteiger partial charge in [-0.05, 0) is 30.7 Å². The zero-order valence-corrected chi connectivity index (χ0v) is 8.64. The van der Waals surface area contributed by atoms with Crippen molar-refractivity contribution in [3.05, 3.63) is 41.3 Å². The number of aryl methyl sites for hydroxylation is 1. The summed E-state index contributed by atoms with van der Waals surface area (Å²) < 4.78 is 13.3. The van der Waals surface area contributed by atoms with Gasteiger partial charge in [-0.1, -0.05) is 6.92 Å². The first kappa shape index (κ1) is 9.34. The maximum atomic E-state index is 13.3. The molecule has 2 rings (SSSR count). The second kappa shape index (κ2) is 3.88. The van der Waals surface area contributed by atoms with E-state index in [2.05, 4.69) is 11.9 Å². The highest BCUT2D eigenvalue weighted by Gasteiger charge is 2.07. The fraction of sp³-hybridized carbons (Fsp3) is 0.182. The standard InChI is InChI=1S/C11H10FNS/c1-2-8-5-6-10(14-8)9-4-3-7-13-11(9)12/h3-7H,2H2,1H3. The van der Waals surface area contributed by atoms with Gasteiger partial charge < -0.3 is 0 Å². The van der Waals surface area contributed by atoms with Gasteiger partial charge in [0.25, 0.3) is 0 Å². The molecule has 0 N–H and O–H groups in total. The van der Waals surface area contributed by atoms with E-state index in [1.165, 1.54) is 11.1 Å². The zero-order chi connectivity index (χ0) is 9.97. The fourth-order valence-corrected chi connectivity index (χ4v) is 2.24. The molecule has 2 aromatic heterocycles. The lowest BCUT2D eigenvalue weighted by Crippen LogP contribution is -1.84. The second-order valence-corrected chi connectivity index (χ2v) is 4.13. The number of aromatic nitrogens is 1. The molecule has 0 saturated heterocycles. The summed E-state index contributed by atoms with van der Waals surface area (Å²) in [6, 6.07) is 7.49. The predicted octanol–water partition coefficient (Wildman–Crippen LogP) is 3.51. The minimum absolute atomic E-state index is 0.392. The van der Waals surface area contributed by atoms with Crippen molar-refractivity contribution < 1.29 is 4.39 Å². The monoisotopic (exact) mass is 207 g/mol. The van der Waals surface area contributed by atoms with Gasteiger partial charge >= 0.3 is 0 Å². The summed E-state index contributed by atoms with van der Waals surface area (Å²) in [6.07, 6.45) is 2.46. The van der Waals surface area contributed by atoms with Crippen molar-refractivity contribution in [3.8, 4) is 10.4 Å². The average molecular weight is 207 g/mol. The van der Waals surface area contributed by atoms with Crippen LogP contribution in [-0.4, -0.2) is 4.98 Å². The molecule has 0 radical (unpaired) electrons. The van der Waals surface area contributed by atoms with Crippen molar-refractivity contribution in [1.29, 1.82) is 0 Å². The number of hydrogen-bond acceptors (Lipinski definition) is 2. The molecule has 3 heteroatoms. The predicted molar refractivity (Wildman–Crippen MR) is 56.9 cm³/mol. The Morgan fingerprint density at radius 3 is 2.86 bits per heavy atom. The van der Waals surface area contributed by atoms with E-state index in [1.807, 2.05) is 12.1 Å². The Morgan fingerprint density at radius 2 is 2.21 bits per heavy atom. The van der Waals surface area contributed by atoms with E-state index in [4.69, 9.17) is 0 Å². The Labute approximate surface area is 86.2 Å². The second-order valence-electron chi connectivity index (χ2n) is 2.96. The van der Waals surface area contributed by atoms with Gasteiger partial charge in [0.2, 0.25) is 5.95 Å². The molecule has 0 bridgehead atoms. The number of pyridine rings is 1. The number of thiophene rings is 1. The summed E-state index contributed by atoms with van der Waals surface area (Å²) in [6.45, 7) is 2.09. The third kappa shape index (κ3) is 1.68. The molecular weight excluding hydrogens is 197 g/mol. The molecule has 72 valence electrons.